The fourth-order valence-electron chi connectivity index (χ4n) is 4.79. The van der Waals surface area contributed by atoms with Crippen molar-refractivity contribution in [3.63, 3.8) is 0 Å². The minimum absolute atomic E-state index is 0.0313. The Bertz CT molecular complexity index is 977. The van der Waals surface area contributed by atoms with E-state index in [1.165, 1.54) is 6.07 Å². The van der Waals surface area contributed by atoms with E-state index in [-0.39, 0.29) is 24.3 Å². The molecular formula is C21H22FN5OS. The number of aromatic nitrogens is 3. The molecule has 3 aromatic rings. The molecule has 6 nitrogen and oxygen atoms in total. The van der Waals surface area contributed by atoms with E-state index in [9.17, 15) is 9.18 Å². The number of carbonyl (C=O) groups excluding carboxylic acids is 1. The van der Waals surface area contributed by atoms with Crippen molar-refractivity contribution in [2.45, 2.75) is 19.1 Å². The van der Waals surface area contributed by atoms with Crippen LogP contribution in [0.25, 0.3) is 0 Å². The molecule has 0 bridgehead atoms. The van der Waals surface area contributed by atoms with E-state index in [0.29, 0.717) is 18.4 Å². The smallest absolute Gasteiger partial charge is 0.244 e. The molecule has 8 heteroatoms. The van der Waals surface area contributed by atoms with Crippen LogP contribution < -0.4 is 0 Å². The molecule has 0 spiro atoms. The number of hydrogen-bond donors (Lipinski definition) is 0. The molecule has 5 rings (SSSR count). The van der Waals surface area contributed by atoms with Crippen LogP contribution in [0.2, 0.25) is 0 Å². The minimum Gasteiger partial charge on any atom is -0.333 e. The molecule has 1 amide bonds. The second-order valence-corrected chi connectivity index (χ2v) is 8.77. The van der Waals surface area contributed by atoms with Crippen LogP contribution in [0.3, 0.4) is 0 Å². The highest BCUT2D eigenvalue weighted by Crippen LogP contribution is 2.45. The van der Waals surface area contributed by atoms with Gasteiger partial charge >= 0.3 is 0 Å². The Morgan fingerprint density at radius 3 is 2.90 bits per heavy atom. The molecule has 2 saturated heterocycles. The second-order valence-electron chi connectivity index (χ2n) is 7.79. The van der Waals surface area contributed by atoms with Crippen molar-refractivity contribution >= 4 is 17.2 Å². The summed E-state index contributed by atoms with van der Waals surface area (Å²) in [7, 11) is 0. The van der Waals surface area contributed by atoms with E-state index >= 15 is 0 Å². The largest absolute Gasteiger partial charge is 0.333 e. The average Bonchev–Trinajstić information content (AvgIpc) is 3.46. The Morgan fingerprint density at radius 1 is 1.21 bits per heavy atom. The number of nitrogens with zero attached hydrogens (tertiary/aromatic N) is 5. The number of fused-ring (bicyclic) bond motifs is 1. The fraction of sp³-hybridized carbons (Fsp3) is 0.381. The van der Waals surface area contributed by atoms with Crippen LogP contribution in [0.1, 0.15) is 16.6 Å². The summed E-state index contributed by atoms with van der Waals surface area (Å²) in [4.78, 5) is 21.8. The standard InChI is InChI=1S/C21H22FN5OS/c22-17-4-1-3-15(9-17)21-18-12-25(13-19-23-6-8-29-19)10-16(18)11-27(21)20(28)14-26-7-2-5-24-26/h1-9,16,18,21H,10-14H2/t16-,18-,21+/m0/s1. The molecule has 0 aliphatic carbocycles. The monoisotopic (exact) mass is 411 g/mol. The summed E-state index contributed by atoms with van der Waals surface area (Å²) in [5, 5.41) is 7.27. The zero-order valence-corrected chi connectivity index (χ0v) is 16.7. The first-order valence-corrected chi connectivity index (χ1v) is 10.7. The van der Waals surface area contributed by atoms with Crippen LogP contribution in [0.15, 0.2) is 54.3 Å². The fourth-order valence-corrected chi connectivity index (χ4v) is 5.44. The van der Waals surface area contributed by atoms with Gasteiger partial charge in [0.05, 0.1) is 12.6 Å². The Hall–Kier alpha value is -2.58. The van der Waals surface area contributed by atoms with Gasteiger partial charge in [-0.2, -0.15) is 5.10 Å². The molecule has 2 aromatic heterocycles. The molecule has 0 N–H and O–H groups in total. The van der Waals surface area contributed by atoms with Crippen LogP contribution in [-0.4, -0.2) is 50.1 Å². The molecule has 2 aliphatic rings. The lowest BCUT2D eigenvalue weighted by molar-refractivity contribution is -0.133. The van der Waals surface area contributed by atoms with Gasteiger partial charge in [-0.25, -0.2) is 9.37 Å². The summed E-state index contributed by atoms with van der Waals surface area (Å²) in [6, 6.07) is 8.40. The Morgan fingerprint density at radius 2 is 2.14 bits per heavy atom. The van der Waals surface area contributed by atoms with Crippen molar-refractivity contribution in [3.05, 3.63) is 70.7 Å². The third-order valence-electron chi connectivity index (χ3n) is 5.95. The molecule has 0 radical (unpaired) electrons. The van der Waals surface area contributed by atoms with Gasteiger partial charge in [-0.3, -0.25) is 14.4 Å². The summed E-state index contributed by atoms with van der Waals surface area (Å²) in [6.45, 7) is 3.56. The molecule has 0 unspecified atom stereocenters. The van der Waals surface area contributed by atoms with Gasteiger partial charge in [0.2, 0.25) is 5.91 Å². The number of halogens is 1. The van der Waals surface area contributed by atoms with E-state index in [1.54, 1.807) is 40.5 Å². The highest BCUT2D eigenvalue weighted by atomic mass is 32.1. The number of hydrogen-bond acceptors (Lipinski definition) is 5. The van der Waals surface area contributed by atoms with E-state index in [1.807, 2.05) is 28.6 Å². The molecule has 0 saturated carbocycles. The number of carbonyl (C=O) groups is 1. The van der Waals surface area contributed by atoms with Crippen LogP contribution in [0.5, 0.6) is 0 Å². The second kappa shape index (κ2) is 7.68. The minimum atomic E-state index is -0.261. The van der Waals surface area contributed by atoms with Crippen LogP contribution >= 0.6 is 11.3 Å². The first-order valence-electron chi connectivity index (χ1n) is 9.80. The summed E-state index contributed by atoms with van der Waals surface area (Å²) in [5.74, 6) is 0.440. The number of benzene rings is 1. The Kier molecular flexibility index (Phi) is 4.89. The topological polar surface area (TPSA) is 54.3 Å². The van der Waals surface area contributed by atoms with Crippen LogP contribution in [-0.2, 0) is 17.9 Å². The van der Waals surface area contributed by atoms with Crippen LogP contribution in [0, 0.1) is 17.7 Å². The van der Waals surface area contributed by atoms with Crippen molar-refractivity contribution in [2.24, 2.45) is 11.8 Å². The van der Waals surface area contributed by atoms with Gasteiger partial charge in [-0.05, 0) is 29.7 Å². The first kappa shape index (κ1) is 18.4. The molecule has 1 aromatic carbocycles. The van der Waals surface area contributed by atoms with Gasteiger partial charge in [-0.15, -0.1) is 11.3 Å². The molecular weight excluding hydrogens is 389 g/mol. The zero-order chi connectivity index (χ0) is 19.8. The highest BCUT2D eigenvalue weighted by Gasteiger charge is 2.49. The third kappa shape index (κ3) is 3.70. The predicted octanol–water partition coefficient (Wildman–Crippen LogP) is 2.81. The molecule has 150 valence electrons. The summed E-state index contributed by atoms with van der Waals surface area (Å²) >= 11 is 1.67. The SMILES string of the molecule is O=C(Cn1cccn1)N1C[C@@H]2CN(Cc3nccs3)C[C@@H]2[C@H]1c1cccc(F)c1. The number of amides is 1. The molecule has 2 fully saturated rings. The first-order chi connectivity index (χ1) is 14.2. The summed E-state index contributed by atoms with van der Waals surface area (Å²) < 4.78 is 15.6. The van der Waals surface area contributed by atoms with E-state index in [0.717, 1.165) is 30.2 Å². The predicted molar refractivity (Wildman–Crippen MR) is 107 cm³/mol. The van der Waals surface area contributed by atoms with E-state index in [4.69, 9.17) is 0 Å². The number of thiazole rings is 1. The molecule has 3 atom stereocenters. The van der Waals surface area contributed by atoms with Crippen molar-refractivity contribution in [3.8, 4) is 0 Å². The van der Waals surface area contributed by atoms with E-state index in [2.05, 4.69) is 15.0 Å². The van der Waals surface area contributed by atoms with Crippen molar-refractivity contribution in [1.82, 2.24) is 24.6 Å². The number of rotatable bonds is 5. The van der Waals surface area contributed by atoms with Gasteiger partial charge in [0.15, 0.2) is 0 Å². The van der Waals surface area contributed by atoms with Crippen molar-refractivity contribution in [2.75, 3.05) is 19.6 Å². The maximum atomic E-state index is 14.0. The maximum absolute atomic E-state index is 14.0. The van der Waals surface area contributed by atoms with Crippen LogP contribution in [0.4, 0.5) is 4.39 Å². The quantitative estimate of drug-likeness (QED) is 0.648. The van der Waals surface area contributed by atoms with Gasteiger partial charge in [-0.1, -0.05) is 12.1 Å². The van der Waals surface area contributed by atoms with Gasteiger partial charge in [0.25, 0.3) is 0 Å². The summed E-state index contributed by atoms with van der Waals surface area (Å²) in [5.41, 5.74) is 0.877. The summed E-state index contributed by atoms with van der Waals surface area (Å²) in [6.07, 6.45) is 5.30. The highest BCUT2D eigenvalue weighted by molar-refractivity contribution is 7.09. The number of likely N-dealkylation sites (tertiary alicyclic amines) is 2. The molecule has 29 heavy (non-hydrogen) atoms. The lowest BCUT2D eigenvalue weighted by atomic mass is 9.89. The van der Waals surface area contributed by atoms with Gasteiger partial charge in [0.1, 0.15) is 17.4 Å². The van der Waals surface area contributed by atoms with Crippen molar-refractivity contribution < 1.29 is 9.18 Å². The lowest BCUT2D eigenvalue weighted by Crippen LogP contribution is -2.37. The maximum Gasteiger partial charge on any atom is 0.244 e. The van der Waals surface area contributed by atoms with Gasteiger partial charge < -0.3 is 4.90 Å². The Labute approximate surface area is 172 Å². The third-order valence-corrected chi connectivity index (χ3v) is 6.71. The van der Waals surface area contributed by atoms with Crippen molar-refractivity contribution in [1.29, 1.82) is 0 Å². The zero-order valence-electron chi connectivity index (χ0n) is 15.9. The Balaban J connectivity index is 1.39. The average molecular weight is 412 g/mol. The van der Waals surface area contributed by atoms with Gasteiger partial charge in [0, 0.05) is 49.5 Å². The molecule has 4 heterocycles. The normalized spacial score (nSPS) is 24.2. The van der Waals surface area contributed by atoms with E-state index < -0.39 is 0 Å². The molecule has 2 aliphatic heterocycles. The lowest BCUT2D eigenvalue weighted by Gasteiger charge is -2.30.